The van der Waals surface area contributed by atoms with Gasteiger partial charge in [-0.1, -0.05) is 29.8 Å². The molecule has 2 nitrogen and oxygen atoms in total. The molecule has 0 aliphatic carbocycles. The van der Waals surface area contributed by atoms with Gasteiger partial charge in [0.1, 0.15) is 0 Å². The molecule has 1 aromatic rings. The lowest BCUT2D eigenvalue weighted by molar-refractivity contribution is -0.146. The van der Waals surface area contributed by atoms with Gasteiger partial charge in [-0.05, 0) is 11.6 Å². The summed E-state index contributed by atoms with van der Waals surface area (Å²) in [4.78, 5) is 10.8. The molecule has 0 aliphatic heterocycles. The quantitative estimate of drug-likeness (QED) is 0.726. The van der Waals surface area contributed by atoms with Gasteiger partial charge in [-0.3, -0.25) is 0 Å². The SMILES string of the molecule is COC(=O)C(F)Cc1ccccc1Cl. The molecule has 1 rings (SSSR count). The van der Waals surface area contributed by atoms with Gasteiger partial charge >= 0.3 is 5.97 Å². The van der Waals surface area contributed by atoms with E-state index in [1.165, 1.54) is 0 Å². The summed E-state index contributed by atoms with van der Waals surface area (Å²) in [6, 6.07) is 6.82. The predicted octanol–water partition coefficient (Wildman–Crippen LogP) is 2.39. The Balaban J connectivity index is 2.69. The molecule has 0 aliphatic rings. The van der Waals surface area contributed by atoms with Crippen LogP contribution in [-0.2, 0) is 16.0 Å². The Morgan fingerprint density at radius 1 is 1.57 bits per heavy atom. The normalized spacial score (nSPS) is 12.2. The summed E-state index contributed by atoms with van der Waals surface area (Å²) in [5.41, 5.74) is 0.604. The fourth-order valence-corrected chi connectivity index (χ4v) is 1.28. The zero-order valence-electron chi connectivity index (χ0n) is 7.67. The van der Waals surface area contributed by atoms with Crippen molar-refractivity contribution in [2.75, 3.05) is 7.11 Å². The van der Waals surface area contributed by atoms with Gasteiger partial charge in [0.05, 0.1) is 7.11 Å². The molecule has 1 aromatic carbocycles. The average molecular weight is 217 g/mol. The fourth-order valence-electron chi connectivity index (χ4n) is 1.07. The molecule has 1 unspecified atom stereocenters. The summed E-state index contributed by atoms with van der Waals surface area (Å²) in [7, 11) is 1.15. The zero-order chi connectivity index (χ0) is 10.6. The molecule has 0 heterocycles. The minimum atomic E-state index is -1.65. The molecule has 4 heteroatoms. The number of ether oxygens (including phenoxy) is 1. The molecule has 0 saturated heterocycles. The van der Waals surface area contributed by atoms with Crippen LogP contribution in [0.2, 0.25) is 5.02 Å². The molecule has 0 saturated carbocycles. The van der Waals surface area contributed by atoms with Crippen LogP contribution in [0.1, 0.15) is 5.56 Å². The Morgan fingerprint density at radius 2 is 2.21 bits per heavy atom. The average Bonchev–Trinajstić information content (AvgIpc) is 2.20. The molecule has 14 heavy (non-hydrogen) atoms. The summed E-state index contributed by atoms with van der Waals surface area (Å²) < 4.78 is 17.4. The number of benzene rings is 1. The third kappa shape index (κ3) is 2.70. The summed E-state index contributed by atoms with van der Waals surface area (Å²) in [6.45, 7) is 0. The zero-order valence-corrected chi connectivity index (χ0v) is 8.42. The van der Waals surface area contributed by atoms with E-state index in [-0.39, 0.29) is 6.42 Å². The third-order valence-corrected chi connectivity index (χ3v) is 2.18. The van der Waals surface area contributed by atoms with Gasteiger partial charge in [0.15, 0.2) is 0 Å². The molecule has 0 amide bonds. The second-order valence-electron chi connectivity index (χ2n) is 2.79. The maximum Gasteiger partial charge on any atom is 0.340 e. The highest BCUT2D eigenvalue weighted by Gasteiger charge is 2.19. The lowest BCUT2D eigenvalue weighted by Crippen LogP contribution is -2.19. The van der Waals surface area contributed by atoms with Crippen molar-refractivity contribution in [1.82, 2.24) is 0 Å². The number of hydrogen-bond acceptors (Lipinski definition) is 2. The number of rotatable bonds is 3. The van der Waals surface area contributed by atoms with E-state index in [0.29, 0.717) is 10.6 Å². The maximum atomic E-state index is 13.1. The van der Waals surface area contributed by atoms with Crippen LogP contribution < -0.4 is 0 Å². The van der Waals surface area contributed by atoms with Gasteiger partial charge in [0, 0.05) is 11.4 Å². The largest absolute Gasteiger partial charge is 0.467 e. The van der Waals surface area contributed by atoms with Crippen molar-refractivity contribution < 1.29 is 13.9 Å². The van der Waals surface area contributed by atoms with E-state index in [0.717, 1.165) is 7.11 Å². The van der Waals surface area contributed by atoms with Crippen molar-refractivity contribution >= 4 is 17.6 Å². The van der Waals surface area contributed by atoms with E-state index in [4.69, 9.17) is 11.6 Å². The second-order valence-corrected chi connectivity index (χ2v) is 3.19. The Hall–Kier alpha value is -1.09. The van der Waals surface area contributed by atoms with Crippen molar-refractivity contribution in [3.8, 4) is 0 Å². The third-order valence-electron chi connectivity index (χ3n) is 1.81. The molecule has 0 spiro atoms. The molecule has 1 atom stereocenters. The second kappa shape index (κ2) is 4.96. The first-order valence-corrected chi connectivity index (χ1v) is 4.48. The topological polar surface area (TPSA) is 26.3 Å². The predicted molar refractivity (Wildman–Crippen MR) is 52.1 cm³/mol. The van der Waals surface area contributed by atoms with Crippen LogP contribution in [0.3, 0.4) is 0 Å². The number of carbonyl (C=O) groups excluding carboxylic acids is 1. The number of hydrogen-bond donors (Lipinski definition) is 0. The van der Waals surface area contributed by atoms with Crippen molar-refractivity contribution in [3.63, 3.8) is 0 Å². The van der Waals surface area contributed by atoms with E-state index >= 15 is 0 Å². The van der Waals surface area contributed by atoms with Gasteiger partial charge in [-0.2, -0.15) is 0 Å². The molecule has 76 valence electrons. The number of halogens is 2. The van der Waals surface area contributed by atoms with Gasteiger partial charge in [0.2, 0.25) is 6.17 Å². The highest BCUT2D eigenvalue weighted by Crippen LogP contribution is 2.17. The lowest BCUT2D eigenvalue weighted by Gasteiger charge is -2.07. The highest BCUT2D eigenvalue weighted by atomic mass is 35.5. The lowest BCUT2D eigenvalue weighted by atomic mass is 10.1. The van der Waals surface area contributed by atoms with Gasteiger partial charge in [-0.15, -0.1) is 0 Å². The monoisotopic (exact) mass is 216 g/mol. The molecule has 0 radical (unpaired) electrons. The van der Waals surface area contributed by atoms with Crippen LogP contribution in [-0.4, -0.2) is 19.3 Å². The van der Waals surface area contributed by atoms with Crippen molar-refractivity contribution in [2.24, 2.45) is 0 Å². The smallest absolute Gasteiger partial charge is 0.340 e. The van der Waals surface area contributed by atoms with Crippen LogP contribution in [0.25, 0.3) is 0 Å². The van der Waals surface area contributed by atoms with Gasteiger partial charge in [0.25, 0.3) is 0 Å². The van der Waals surface area contributed by atoms with E-state index in [1.54, 1.807) is 24.3 Å². The molecule has 0 aromatic heterocycles. The fraction of sp³-hybridized carbons (Fsp3) is 0.300. The minimum absolute atomic E-state index is 0.0493. The van der Waals surface area contributed by atoms with Crippen molar-refractivity contribution in [2.45, 2.75) is 12.6 Å². The minimum Gasteiger partial charge on any atom is -0.467 e. The van der Waals surface area contributed by atoms with E-state index in [2.05, 4.69) is 4.74 Å². The summed E-state index contributed by atoms with van der Waals surface area (Å²) in [6.07, 6.45) is -1.70. The van der Waals surface area contributed by atoms with Crippen LogP contribution in [0.4, 0.5) is 4.39 Å². The number of esters is 1. The van der Waals surface area contributed by atoms with Crippen molar-refractivity contribution in [1.29, 1.82) is 0 Å². The Bertz CT molecular complexity index is 328. The van der Waals surface area contributed by atoms with Crippen molar-refractivity contribution in [3.05, 3.63) is 34.9 Å². The molecular weight excluding hydrogens is 207 g/mol. The number of alkyl halides is 1. The molecule has 0 N–H and O–H groups in total. The summed E-state index contributed by atoms with van der Waals surface area (Å²) in [5.74, 6) is -0.870. The van der Waals surface area contributed by atoms with E-state index in [9.17, 15) is 9.18 Å². The maximum absolute atomic E-state index is 13.1. The van der Waals surface area contributed by atoms with E-state index in [1.807, 2.05) is 0 Å². The number of carbonyl (C=O) groups is 1. The summed E-state index contributed by atoms with van der Waals surface area (Å²) >= 11 is 5.80. The molecule has 0 fully saturated rings. The van der Waals surface area contributed by atoms with Crippen LogP contribution in [0.15, 0.2) is 24.3 Å². The highest BCUT2D eigenvalue weighted by molar-refractivity contribution is 6.31. The van der Waals surface area contributed by atoms with Gasteiger partial charge < -0.3 is 4.74 Å². The molecular formula is C10H10ClFO2. The van der Waals surface area contributed by atoms with Crippen LogP contribution >= 0.6 is 11.6 Å². The first-order chi connectivity index (χ1) is 6.65. The first-order valence-electron chi connectivity index (χ1n) is 4.10. The van der Waals surface area contributed by atoms with E-state index < -0.39 is 12.1 Å². The Kier molecular flexibility index (Phi) is 3.89. The van der Waals surface area contributed by atoms with Gasteiger partial charge in [-0.25, -0.2) is 9.18 Å². The standard InChI is InChI=1S/C10H10ClFO2/c1-14-10(13)9(12)6-7-4-2-3-5-8(7)11/h2-5,9H,6H2,1H3. The Labute approximate surface area is 86.6 Å². The van der Waals surface area contributed by atoms with Crippen LogP contribution in [0.5, 0.6) is 0 Å². The first kappa shape index (κ1) is 11.0. The number of methoxy groups -OCH3 is 1. The van der Waals surface area contributed by atoms with Crippen LogP contribution in [0, 0.1) is 0 Å². The summed E-state index contributed by atoms with van der Waals surface area (Å²) in [5, 5.41) is 0.457. The molecule has 0 bridgehead atoms. The Morgan fingerprint density at radius 3 is 2.79 bits per heavy atom.